The van der Waals surface area contributed by atoms with Gasteiger partial charge in [-0.15, -0.1) is 0 Å². The zero-order valence-corrected chi connectivity index (χ0v) is 19.6. The van der Waals surface area contributed by atoms with Crippen LogP contribution in [0.15, 0.2) is 54.9 Å². The number of aryl methyl sites for hydroxylation is 1. The van der Waals surface area contributed by atoms with Crippen LogP contribution in [0.3, 0.4) is 0 Å². The molecule has 0 radical (unpaired) electrons. The van der Waals surface area contributed by atoms with Crippen LogP contribution in [0.2, 0.25) is 0 Å². The highest BCUT2D eigenvalue weighted by Crippen LogP contribution is 2.38. The maximum Gasteiger partial charge on any atom is 0.272 e. The van der Waals surface area contributed by atoms with Gasteiger partial charge in [0.1, 0.15) is 17.2 Å². The van der Waals surface area contributed by atoms with E-state index in [2.05, 4.69) is 9.97 Å². The van der Waals surface area contributed by atoms with Gasteiger partial charge in [0.15, 0.2) is 11.5 Å². The van der Waals surface area contributed by atoms with Gasteiger partial charge in [0.25, 0.3) is 5.91 Å². The summed E-state index contributed by atoms with van der Waals surface area (Å²) in [5.41, 5.74) is 2.48. The van der Waals surface area contributed by atoms with E-state index in [4.69, 9.17) is 14.2 Å². The first kappa shape index (κ1) is 22.2. The van der Waals surface area contributed by atoms with Crippen LogP contribution in [0.4, 0.5) is 0 Å². The van der Waals surface area contributed by atoms with Crippen molar-refractivity contribution in [3.63, 3.8) is 0 Å². The van der Waals surface area contributed by atoms with Crippen LogP contribution in [0, 0.1) is 6.92 Å². The van der Waals surface area contributed by atoms with Gasteiger partial charge in [0.05, 0.1) is 19.4 Å². The zero-order valence-electron chi connectivity index (χ0n) is 19.6. The Morgan fingerprint density at radius 3 is 2.41 bits per heavy atom. The van der Waals surface area contributed by atoms with E-state index in [0.717, 1.165) is 42.7 Å². The van der Waals surface area contributed by atoms with Crippen molar-refractivity contribution in [2.75, 3.05) is 20.2 Å². The fourth-order valence-electron chi connectivity index (χ4n) is 4.27. The van der Waals surface area contributed by atoms with E-state index in [1.807, 2.05) is 54.4 Å². The summed E-state index contributed by atoms with van der Waals surface area (Å²) in [7, 11) is 1.56. The van der Waals surface area contributed by atoms with E-state index >= 15 is 0 Å². The lowest BCUT2D eigenvalue weighted by molar-refractivity contribution is 0.0706. The van der Waals surface area contributed by atoms with E-state index in [0.29, 0.717) is 48.1 Å². The Balaban J connectivity index is 1.25. The molecule has 0 N–H and O–H groups in total. The minimum absolute atomic E-state index is 0.0977. The van der Waals surface area contributed by atoms with E-state index < -0.39 is 0 Å². The average Bonchev–Trinajstić information content (AvgIpc) is 3.69. The van der Waals surface area contributed by atoms with E-state index in [-0.39, 0.29) is 5.91 Å². The molecule has 176 valence electrons. The van der Waals surface area contributed by atoms with Gasteiger partial charge < -0.3 is 19.1 Å². The van der Waals surface area contributed by atoms with Gasteiger partial charge in [-0.05, 0) is 50.7 Å². The number of carbonyl (C=O) groups excluding carboxylic acids is 1. The Bertz CT molecular complexity index is 1160. The minimum atomic E-state index is -0.0977. The molecule has 1 aromatic carbocycles. The van der Waals surface area contributed by atoms with Crippen molar-refractivity contribution in [3.8, 4) is 23.0 Å². The first-order valence-electron chi connectivity index (χ1n) is 11.8. The second-order valence-corrected chi connectivity index (χ2v) is 8.88. The zero-order chi connectivity index (χ0) is 23.5. The highest BCUT2D eigenvalue weighted by molar-refractivity contribution is 5.93. The SMILES string of the molecule is COc1cc(C(=O)N2CCC(c3cnc(C)cc3OC3CC3)CC2)ncc1Oc1ccccc1. The van der Waals surface area contributed by atoms with E-state index in [1.54, 1.807) is 19.4 Å². The highest BCUT2D eigenvalue weighted by atomic mass is 16.5. The van der Waals surface area contributed by atoms with Crippen LogP contribution < -0.4 is 14.2 Å². The number of carbonyl (C=O) groups is 1. The van der Waals surface area contributed by atoms with Crippen LogP contribution >= 0.6 is 0 Å². The summed E-state index contributed by atoms with van der Waals surface area (Å²) in [5.74, 6) is 2.82. The van der Waals surface area contributed by atoms with Crippen molar-refractivity contribution in [1.29, 1.82) is 0 Å². The molecule has 5 rings (SSSR count). The number of amides is 1. The molecule has 7 heteroatoms. The van der Waals surface area contributed by atoms with Gasteiger partial charge in [-0.1, -0.05) is 18.2 Å². The van der Waals surface area contributed by atoms with Crippen LogP contribution in [0.1, 0.15) is 53.3 Å². The van der Waals surface area contributed by atoms with Crippen LogP contribution in [0.5, 0.6) is 23.0 Å². The van der Waals surface area contributed by atoms with Crippen molar-refractivity contribution in [2.24, 2.45) is 0 Å². The number of hydrogen-bond acceptors (Lipinski definition) is 6. The average molecular weight is 460 g/mol. The van der Waals surface area contributed by atoms with Crippen molar-refractivity contribution in [2.45, 2.75) is 44.6 Å². The molecule has 1 aliphatic carbocycles. The lowest BCUT2D eigenvalue weighted by atomic mass is 9.89. The highest BCUT2D eigenvalue weighted by Gasteiger charge is 2.30. The van der Waals surface area contributed by atoms with Gasteiger partial charge >= 0.3 is 0 Å². The Kier molecular flexibility index (Phi) is 6.34. The summed E-state index contributed by atoms with van der Waals surface area (Å²) in [6, 6.07) is 13.1. The Morgan fingerprint density at radius 2 is 1.71 bits per heavy atom. The fraction of sp³-hybridized carbons (Fsp3) is 0.370. The number of nitrogens with zero attached hydrogens (tertiary/aromatic N) is 3. The normalized spacial score (nSPS) is 16.2. The number of pyridine rings is 2. The molecule has 1 aliphatic heterocycles. The molecular weight excluding hydrogens is 430 g/mol. The number of benzene rings is 1. The second-order valence-electron chi connectivity index (χ2n) is 8.88. The minimum Gasteiger partial charge on any atom is -0.493 e. The lowest BCUT2D eigenvalue weighted by Gasteiger charge is -2.32. The number of methoxy groups -OCH3 is 1. The molecule has 1 saturated carbocycles. The molecule has 0 atom stereocenters. The van der Waals surface area contributed by atoms with Gasteiger partial charge in [-0.3, -0.25) is 9.78 Å². The molecule has 2 fully saturated rings. The van der Waals surface area contributed by atoms with E-state index in [9.17, 15) is 4.79 Å². The van der Waals surface area contributed by atoms with Crippen molar-refractivity contribution >= 4 is 5.91 Å². The Morgan fingerprint density at radius 1 is 0.941 bits per heavy atom. The molecule has 34 heavy (non-hydrogen) atoms. The van der Waals surface area contributed by atoms with Gasteiger partial charge in [-0.25, -0.2) is 4.98 Å². The molecule has 2 aromatic heterocycles. The summed E-state index contributed by atoms with van der Waals surface area (Å²) in [6.45, 7) is 3.31. The van der Waals surface area contributed by atoms with Crippen LogP contribution in [-0.2, 0) is 0 Å². The molecule has 3 aromatic rings. The molecule has 0 unspecified atom stereocenters. The van der Waals surface area contributed by atoms with Crippen molar-refractivity contribution < 1.29 is 19.0 Å². The topological polar surface area (TPSA) is 73.8 Å². The standard InChI is InChI=1S/C27H29N3O4/c1-18-14-24(33-21-8-9-21)22(16-28-18)19-10-12-30(13-11-19)27(31)23-15-25(32-2)26(17-29-23)34-20-6-4-3-5-7-20/h3-7,14-17,19,21H,8-13H2,1-2H3. The number of hydrogen-bond donors (Lipinski definition) is 0. The molecular formula is C27H29N3O4. The molecule has 7 nitrogen and oxygen atoms in total. The molecule has 1 amide bonds. The van der Waals surface area contributed by atoms with Crippen LogP contribution in [-0.4, -0.2) is 47.1 Å². The summed E-state index contributed by atoms with van der Waals surface area (Å²) in [6.07, 6.45) is 7.82. The second kappa shape index (κ2) is 9.71. The fourth-order valence-corrected chi connectivity index (χ4v) is 4.27. The van der Waals surface area contributed by atoms with E-state index in [1.165, 1.54) is 0 Å². The first-order chi connectivity index (χ1) is 16.6. The van der Waals surface area contributed by atoms with Crippen molar-refractivity contribution in [1.82, 2.24) is 14.9 Å². The molecule has 0 spiro atoms. The molecule has 2 aliphatic rings. The Hall–Kier alpha value is -3.61. The first-order valence-corrected chi connectivity index (χ1v) is 11.8. The predicted octanol–water partition coefficient (Wildman–Crippen LogP) is 5.15. The van der Waals surface area contributed by atoms with Gasteiger partial charge in [-0.2, -0.15) is 0 Å². The summed E-state index contributed by atoms with van der Waals surface area (Å²) in [4.78, 5) is 23.9. The number of rotatable bonds is 7. The maximum atomic E-state index is 13.2. The number of para-hydroxylation sites is 1. The van der Waals surface area contributed by atoms with Crippen LogP contribution in [0.25, 0.3) is 0 Å². The third-order valence-corrected chi connectivity index (χ3v) is 6.31. The molecule has 1 saturated heterocycles. The van der Waals surface area contributed by atoms with Crippen molar-refractivity contribution in [3.05, 3.63) is 71.8 Å². The maximum absolute atomic E-state index is 13.2. The number of piperidine rings is 1. The van der Waals surface area contributed by atoms with Gasteiger partial charge in [0.2, 0.25) is 0 Å². The Labute approximate surface area is 199 Å². The molecule has 3 heterocycles. The summed E-state index contributed by atoms with van der Waals surface area (Å²) >= 11 is 0. The smallest absolute Gasteiger partial charge is 0.272 e. The lowest BCUT2D eigenvalue weighted by Crippen LogP contribution is -2.38. The summed E-state index contributed by atoms with van der Waals surface area (Å²) < 4.78 is 17.5. The summed E-state index contributed by atoms with van der Waals surface area (Å²) in [5, 5.41) is 0. The third-order valence-electron chi connectivity index (χ3n) is 6.31. The number of aromatic nitrogens is 2. The number of ether oxygens (including phenoxy) is 3. The predicted molar refractivity (Wildman–Crippen MR) is 128 cm³/mol. The largest absolute Gasteiger partial charge is 0.493 e. The third kappa shape index (κ3) is 4.98. The quantitative estimate of drug-likeness (QED) is 0.487. The monoisotopic (exact) mass is 459 g/mol. The van der Waals surface area contributed by atoms with Gasteiger partial charge in [0, 0.05) is 42.7 Å². The molecule has 0 bridgehead atoms. The number of likely N-dealkylation sites (tertiary alicyclic amines) is 1.